The molecule has 1 aliphatic rings. The first-order chi connectivity index (χ1) is 8.26. The molecule has 0 spiro atoms. The molecule has 0 unspecified atom stereocenters. The van der Waals surface area contributed by atoms with Crippen LogP contribution in [0.1, 0.15) is 38.7 Å². The molecule has 1 aromatic rings. The number of aromatic nitrogens is 2. The monoisotopic (exact) mass is 234 g/mol. The van der Waals surface area contributed by atoms with Gasteiger partial charge in [-0.25, -0.2) is 4.98 Å². The molecule has 0 aliphatic heterocycles. The second-order valence-corrected chi connectivity index (χ2v) is 4.64. The third kappa shape index (κ3) is 2.87. The maximum Gasteiger partial charge on any atom is 0.224 e. The predicted molar refractivity (Wildman–Crippen MR) is 71.6 cm³/mol. The summed E-state index contributed by atoms with van der Waals surface area (Å²) in [5, 5.41) is 3.25. The van der Waals surface area contributed by atoms with Gasteiger partial charge in [-0.1, -0.05) is 6.92 Å². The highest BCUT2D eigenvalue weighted by molar-refractivity contribution is 5.50. The molecule has 0 amide bonds. The number of rotatable bonds is 6. The Kier molecular flexibility index (Phi) is 3.82. The molecule has 4 heteroatoms. The third-order valence-corrected chi connectivity index (χ3v) is 3.08. The average molecular weight is 234 g/mol. The molecule has 0 bridgehead atoms. The SMILES string of the molecule is CCCNc1ncc(C)c(N(CC)C2CC2)n1. The lowest BCUT2D eigenvalue weighted by Crippen LogP contribution is -2.27. The van der Waals surface area contributed by atoms with Gasteiger partial charge in [0.2, 0.25) is 5.95 Å². The smallest absolute Gasteiger partial charge is 0.224 e. The van der Waals surface area contributed by atoms with Crippen molar-refractivity contribution in [3.8, 4) is 0 Å². The molecule has 0 radical (unpaired) electrons. The van der Waals surface area contributed by atoms with Crippen molar-refractivity contribution in [3.63, 3.8) is 0 Å². The Hall–Kier alpha value is -1.32. The van der Waals surface area contributed by atoms with Crippen LogP contribution in [0.4, 0.5) is 11.8 Å². The molecule has 0 aromatic carbocycles. The molecule has 94 valence electrons. The molecule has 1 heterocycles. The van der Waals surface area contributed by atoms with E-state index >= 15 is 0 Å². The highest BCUT2D eigenvalue weighted by Crippen LogP contribution is 2.32. The van der Waals surface area contributed by atoms with E-state index in [-0.39, 0.29) is 0 Å². The van der Waals surface area contributed by atoms with Crippen molar-refractivity contribution in [3.05, 3.63) is 11.8 Å². The van der Waals surface area contributed by atoms with Gasteiger partial charge in [0, 0.05) is 30.9 Å². The van der Waals surface area contributed by atoms with Crippen molar-refractivity contribution in [2.75, 3.05) is 23.3 Å². The first-order valence-corrected chi connectivity index (χ1v) is 6.60. The first kappa shape index (κ1) is 12.1. The van der Waals surface area contributed by atoms with E-state index < -0.39 is 0 Å². The Balaban J connectivity index is 2.18. The fourth-order valence-electron chi connectivity index (χ4n) is 2.01. The summed E-state index contributed by atoms with van der Waals surface area (Å²) in [5.41, 5.74) is 1.17. The van der Waals surface area contributed by atoms with Gasteiger partial charge >= 0.3 is 0 Å². The minimum absolute atomic E-state index is 0.702. The first-order valence-electron chi connectivity index (χ1n) is 6.60. The van der Waals surface area contributed by atoms with Crippen LogP contribution < -0.4 is 10.2 Å². The number of hydrogen-bond acceptors (Lipinski definition) is 4. The summed E-state index contributed by atoms with van der Waals surface area (Å²) in [6.45, 7) is 8.38. The highest BCUT2D eigenvalue weighted by Gasteiger charge is 2.29. The van der Waals surface area contributed by atoms with E-state index in [1.165, 1.54) is 18.4 Å². The molecule has 2 rings (SSSR count). The molecule has 0 atom stereocenters. The lowest BCUT2D eigenvalue weighted by molar-refractivity contribution is 0.798. The van der Waals surface area contributed by atoms with Crippen molar-refractivity contribution in [2.24, 2.45) is 0 Å². The average Bonchev–Trinajstić information content (AvgIpc) is 3.15. The Bertz CT molecular complexity index is 374. The number of hydrogen-bond donors (Lipinski definition) is 1. The van der Waals surface area contributed by atoms with Crippen LogP contribution in [-0.4, -0.2) is 29.1 Å². The zero-order chi connectivity index (χ0) is 12.3. The van der Waals surface area contributed by atoms with Crippen LogP contribution >= 0.6 is 0 Å². The summed E-state index contributed by atoms with van der Waals surface area (Å²) in [4.78, 5) is 11.4. The molecule has 1 fully saturated rings. The topological polar surface area (TPSA) is 41.1 Å². The molecule has 1 aliphatic carbocycles. The van der Waals surface area contributed by atoms with Gasteiger partial charge in [0.25, 0.3) is 0 Å². The largest absolute Gasteiger partial charge is 0.354 e. The van der Waals surface area contributed by atoms with E-state index in [9.17, 15) is 0 Å². The van der Waals surface area contributed by atoms with Crippen LogP contribution in [0.25, 0.3) is 0 Å². The van der Waals surface area contributed by atoms with Crippen molar-refractivity contribution in [1.82, 2.24) is 9.97 Å². The van der Waals surface area contributed by atoms with E-state index in [2.05, 4.69) is 41.0 Å². The van der Waals surface area contributed by atoms with Gasteiger partial charge in [-0.15, -0.1) is 0 Å². The van der Waals surface area contributed by atoms with Crippen molar-refractivity contribution < 1.29 is 0 Å². The van der Waals surface area contributed by atoms with Crippen LogP contribution in [0.2, 0.25) is 0 Å². The van der Waals surface area contributed by atoms with Gasteiger partial charge in [-0.2, -0.15) is 4.98 Å². The van der Waals surface area contributed by atoms with Crippen LogP contribution in [0.5, 0.6) is 0 Å². The minimum atomic E-state index is 0.702. The quantitative estimate of drug-likeness (QED) is 0.821. The Morgan fingerprint density at radius 1 is 1.41 bits per heavy atom. The molecular weight excluding hydrogens is 212 g/mol. The van der Waals surface area contributed by atoms with Crippen LogP contribution in [0.15, 0.2) is 6.20 Å². The second kappa shape index (κ2) is 5.34. The molecule has 1 N–H and O–H groups in total. The Labute approximate surface area is 103 Å². The normalized spacial score (nSPS) is 14.8. The van der Waals surface area contributed by atoms with Gasteiger partial charge in [-0.05, 0) is 33.1 Å². The molecule has 1 saturated carbocycles. The minimum Gasteiger partial charge on any atom is -0.354 e. The van der Waals surface area contributed by atoms with E-state index in [1.807, 2.05) is 6.20 Å². The standard InChI is InChI=1S/C13H22N4/c1-4-8-14-13-15-9-10(3)12(16-13)17(5-2)11-6-7-11/h9,11H,4-8H2,1-3H3,(H,14,15,16). The van der Waals surface area contributed by atoms with Gasteiger partial charge in [0.05, 0.1) is 0 Å². The number of aryl methyl sites for hydroxylation is 1. The van der Waals surface area contributed by atoms with Gasteiger partial charge in [0.15, 0.2) is 0 Å². The highest BCUT2D eigenvalue weighted by atomic mass is 15.3. The zero-order valence-electron chi connectivity index (χ0n) is 11.0. The van der Waals surface area contributed by atoms with E-state index in [0.29, 0.717) is 6.04 Å². The van der Waals surface area contributed by atoms with E-state index in [4.69, 9.17) is 0 Å². The summed E-state index contributed by atoms with van der Waals surface area (Å²) < 4.78 is 0. The molecule has 4 nitrogen and oxygen atoms in total. The third-order valence-electron chi connectivity index (χ3n) is 3.08. The van der Waals surface area contributed by atoms with Crippen LogP contribution in [-0.2, 0) is 0 Å². The zero-order valence-corrected chi connectivity index (χ0v) is 11.0. The molecule has 17 heavy (non-hydrogen) atoms. The lowest BCUT2D eigenvalue weighted by atomic mass is 10.3. The molecule has 1 aromatic heterocycles. The van der Waals surface area contributed by atoms with Gasteiger partial charge in [-0.3, -0.25) is 0 Å². The summed E-state index contributed by atoms with van der Waals surface area (Å²) in [6.07, 6.45) is 5.61. The van der Waals surface area contributed by atoms with E-state index in [0.717, 1.165) is 31.3 Å². The fourth-order valence-corrected chi connectivity index (χ4v) is 2.01. The Morgan fingerprint density at radius 3 is 2.76 bits per heavy atom. The number of anilines is 2. The van der Waals surface area contributed by atoms with E-state index in [1.54, 1.807) is 0 Å². The fraction of sp³-hybridized carbons (Fsp3) is 0.692. The van der Waals surface area contributed by atoms with Crippen LogP contribution in [0, 0.1) is 6.92 Å². The van der Waals surface area contributed by atoms with Crippen molar-refractivity contribution >= 4 is 11.8 Å². The summed E-state index contributed by atoms with van der Waals surface area (Å²) in [5.74, 6) is 1.86. The lowest BCUT2D eigenvalue weighted by Gasteiger charge is -2.23. The molecular formula is C13H22N4. The predicted octanol–water partition coefficient (Wildman–Crippen LogP) is 2.60. The van der Waals surface area contributed by atoms with Crippen molar-refractivity contribution in [1.29, 1.82) is 0 Å². The maximum absolute atomic E-state index is 4.65. The summed E-state index contributed by atoms with van der Waals surface area (Å²) in [7, 11) is 0. The van der Waals surface area contributed by atoms with Gasteiger partial charge in [0.1, 0.15) is 5.82 Å². The number of nitrogens with one attached hydrogen (secondary N) is 1. The van der Waals surface area contributed by atoms with Gasteiger partial charge < -0.3 is 10.2 Å². The second-order valence-electron chi connectivity index (χ2n) is 4.64. The number of nitrogens with zero attached hydrogens (tertiary/aromatic N) is 3. The maximum atomic E-state index is 4.65. The Morgan fingerprint density at radius 2 is 2.18 bits per heavy atom. The summed E-state index contributed by atoms with van der Waals surface area (Å²) >= 11 is 0. The van der Waals surface area contributed by atoms with Crippen LogP contribution in [0.3, 0.4) is 0 Å². The van der Waals surface area contributed by atoms with Crippen molar-refractivity contribution in [2.45, 2.75) is 46.1 Å². The molecule has 0 saturated heterocycles. The summed E-state index contributed by atoms with van der Waals surface area (Å²) in [6, 6.07) is 0.702.